The first-order valence-corrected chi connectivity index (χ1v) is 9.72. The van der Waals surface area contributed by atoms with Gasteiger partial charge in [-0.3, -0.25) is 0 Å². The lowest BCUT2D eigenvalue weighted by Gasteiger charge is -2.38. The van der Waals surface area contributed by atoms with E-state index in [1.54, 1.807) is 0 Å². The van der Waals surface area contributed by atoms with Crippen LogP contribution in [0.2, 0.25) is 0 Å². The van der Waals surface area contributed by atoms with Gasteiger partial charge >= 0.3 is 7.07 Å². The summed E-state index contributed by atoms with van der Waals surface area (Å²) in [5.74, 6) is 0. The minimum absolute atomic E-state index is 1.23. The van der Waals surface area contributed by atoms with Crippen LogP contribution in [0.4, 0.5) is 0 Å². The molecule has 17 heavy (non-hydrogen) atoms. The Morgan fingerprint density at radius 3 is 1.00 bits per heavy atom. The maximum Gasteiger partial charge on any atom is 0.332 e. The number of nitrogens with zero attached hydrogens (tertiary/aromatic N) is 3. The summed E-state index contributed by atoms with van der Waals surface area (Å²) in [6.45, 7) is 7.36. The van der Waals surface area contributed by atoms with E-state index in [0.29, 0.717) is 0 Å². The highest BCUT2D eigenvalue weighted by molar-refractivity contribution is 7.93. The Morgan fingerprint density at radius 2 is 0.765 bits per heavy atom. The molecule has 0 spiro atoms. The van der Waals surface area contributed by atoms with E-state index < -0.39 is 7.07 Å². The Hall–Kier alpha value is 0.600. The van der Waals surface area contributed by atoms with E-state index in [4.69, 9.17) is 11.2 Å². The minimum Gasteiger partial charge on any atom is -0.134 e. The monoisotopic (exact) mass is 276 g/mol. The zero-order chi connectivity index (χ0) is 11.7. The molecule has 3 aliphatic rings. The summed E-state index contributed by atoms with van der Waals surface area (Å²) in [7, 11) is -1.64. The van der Waals surface area contributed by atoms with Crippen molar-refractivity contribution in [3.05, 3.63) is 0 Å². The quantitative estimate of drug-likeness (QED) is 0.733. The van der Waals surface area contributed by atoms with Crippen LogP contribution in [0.15, 0.2) is 0 Å². The van der Waals surface area contributed by atoms with Gasteiger partial charge < -0.3 is 0 Å². The van der Waals surface area contributed by atoms with Crippen molar-refractivity contribution in [1.29, 1.82) is 0 Å². The van der Waals surface area contributed by atoms with Gasteiger partial charge in [0.25, 0.3) is 0 Å². The van der Waals surface area contributed by atoms with Gasteiger partial charge in [-0.25, -0.2) is 0 Å². The number of rotatable bonds is 3. The summed E-state index contributed by atoms with van der Waals surface area (Å²) < 4.78 is 7.89. The van der Waals surface area contributed by atoms with Crippen LogP contribution in [0, 0.1) is 0 Å². The van der Waals surface area contributed by atoms with Crippen LogP contribution < -0.4 is 0 Å². The van der Waals surface area contributed by atoms with Gasteiger partial charge in [-0.15, -0.1) is 14.0 Å². The maximum absolute atomic E-state index is 7.25. The van der Waals surface area contributed by atoms with E-state index in [0.717, 1.165) is 0 Å². The van der Waals surface area contributed by atoms with Crippen molar-refractivity contribution in [3.8, 4) is 0 Å². The van der Waals surface area contributed by atoms with Gasteiger partial charge in [0.05, 0.1) is 0 Å². The van der Waals surface area contributed by atoms with E-state index in [2.05, 4.69) is 14.0 Å². The van der Waals surface area contributed by atoms with E-state index in [1.165, 1.54) is 77.8 Å². The zero-order valence-corrected chi connectivity index (χ0v) is 12.3. The van der Waals surface area contributed by atoms with E-state index in [9.17, 15) is 0 Å². The molecular weight excluding hydrogens is 253 g/mol. The maximum atomic E-state index is 7.25. The summed E-state index contributed by atoms with van der Waals surface area (Å²) >= 11 is 7.25. The molecule has 0 amide bonds. The Bertz CT molecular complexity index is 218. The standard InChI is InChI=1S/C12H24ClN3P/c13-17(14-7-1-2-8-14,15-9-3-4-10-15)16-11-5-6-12-16/h1-12H2/q+1. The second-order valence-corrected chi connectivity index (χ2v) is 9.53. The molecule has 3 heterocycles. The molecule has 0 unspecified atom stereocenters. The number of hydrogen-bond acceptors (Lipinski definition) is 3. The molecule has 5 heteroatoms. The molecule has 0 atom stereocenters. The van der Waals surface area contributed by atoms with Crippen molar-refractivity contribution in [3.63, 3.8) is 0 Å². The number of hydrogen-bond donors (Lipinski definition) is 0. The van der Waals surface area contributed by atoms with Crippen molar-refractivity contribution in [2.24, 2.45) is 0 Å². The van der Waals surface area contributed by atoms with Crippen LogP contribution in [0.1, 0.15) is 38.5 Å². The topological polar surface area (TPSA) is 9.72 Å². The molecule has 0 bridgehead atoms. The average molecular weight is 277 g/mol. The largest absolute Gasteiger partial charge is 0.332 e. The highest BCUT2D eigenvalue weighted by Gasteiger charge is 2.58. The van der Waals surface area contributed by atoms with Crippen LogP contribution in [0.25, 0.3) is 0 Å². The Kier molecular flexibility index (Phi) is 3.94. The highest BCUT2D eigenvalue weighted by Crippen LogP contribution is 2.74. The van der Waals surface area contributed by atoms with Crippen molar-refractivity contribution in [2.45, 2.75) is 38.5 Å². The lowest BCUT2D eigenvalue weighted by atomic mass is 10.4. The summed E-state index contributed by atoms with van der Waals surface area (Å²) in [5.41, 5.74) is 0. The van der Waals surface area contributed by atoms with Gasteiger partial charge in [-0.1, -0.05) is 0 Å². The van der Waals surface area contributed by atoms with Gasteiger partial charge in [0.2, 0.25) is 0 Å². The molecular formula is C12H24ClN3P+. The lowest BCUT2D eigenvalue weighted by molar-refractivity contribution is 0.389. The highest BCUT2D eigenvalue weighted by atomic mass is 35.7. The molecule has 98 valence electrons. The second-order valence-electron chi connectivity index (χ2n) is 5.48. The molecule has 0 aromatic heterocycles. The molecule has 3 rings (SSSR count). The normalized spacial score (nSPS) is 29.5. The summed E-state index contributed by atoms with van der Waals surface area (Å²) in [5, 5.41) is 0. The first-order valence-electron chi connectivity index (χ1n) is 7.17. The molecule has 0 aromatic carbocycles. The van der Waals surface area contributed by atoms with Crippen molar-refractivity contribution in [2.75, 3.05) is 39.3 Å². The van der Waals surface area contributed by atoms with E-state index >= 15 is 0 Å². The minimum atomic E-state index is -1.64. The molecule has 3 nitrogen and oxygen atoms in total. The Morgan fingerprint density at radius 1 is 0.529 bits per heavy atom. The van der Waals surface area contributed by atoms with E-state index in [-0.39, 0.29) is 0 Å². The predicted octanol–water partition coefficient (Wildman–Crippen LogP) is 3.19. The fourth-order valence-corrected chi connectivity index (χ4v) is 8.21. The molecule has 0 saturated carbocycles. The molecule has 0 aromatic rings. The van der Waals surface area contributed by atoms with Crippen molar-refractivity contribution >= 4 is 18.3 Å². The summed E-state index contributed by atoms with van der Waals surface area (Å²) in [6.07, 6.45) is 8.06. The SMILES string of the molecule is Cl[P+](N1CCCC1)(N1CCCC1)N1CCCC1. The Labute approximate surface area is 110 Å². The summed E-state index contributed by atoms with van der Waals surface area (Å²) in [6, 6.07) is 0. The molecule has 0 radical (unpaired) electrons. The van der Waals surface area contributed by atoms with Gasteiger partial charge in [-0.05, 0) is 38.5 Å². The fourth-order valence-electron chi connectivity index (χ4n) is 3.40. The molecule has 3 fully saturated rings. The van der Waals surface area contributed by atoms with Gasteiger partial charge in [0, 0.05) is 39.3 Å². The Balaban J connectivity index is 1.81. The fraction of sp³-hybridized carbons (Fsp3) is 1.00. The first-order chi connectivity index (χ1) is 8.32. The van der Waals surface area contributed by atoms with Gasteiger partial charge in [0.15, 0.2) is 11.2 Å². The lowest BCUT2D eigenvalue weighted by Crippen LogP contribution is -2.39. The third-order valence-electron chi connectivity index (χ3n) is 4.33. The van der Waals surface area contributed by atoms with Crippen LogP contribution in [-0.2, 0) is 0 Å². The predicted molar refractivity (Wildman–Crippen MR) is 75.2 cm³/mol. The third-order valence-corrected chi connectivity index (χ3v) is 9.61. The van der Waals surface area contributed by atoms with E-state index in [1.807, 2.05) is 0 Å². The molecule has 3 saturated heterocycles. The van der Waals surface area contributed by atoms with Crippen LogP contribution in [-0.4, -0.2) is 53.3 Å². The first kappa shape index (κ1) is 12.6. The van der Waals surface area contributed by atoms with Gasteiger partial charge in [0.1, 0.15) is 0 Å². The van der Waals surface area contributed by atoms with Gasteiger partial charge in [-0.2, -0.15) is 0 Å². The zero-order valence-electron chi connectivity index (χ0n) is 10.7. The summed E-state index contributed by atoms with van der Waals surface area (Å²) in [4.78, 5) is 0. The van der Waals surface area contributed by atoms with Crippen LogP contribution in [0.3, 0.4) is 0 Å². The molecule has 0 aliphatic carbocycles. The molecule has 3 aliphatic heterocycles. The second kappa shape index (κ2) is 5.30. The number of halogens is 1. The van der Waals surface area contributed by atoms with Crippen LogP contribution in [0.5, 0.6) is 0 Å². The molecule has 0 N–H and O–H groups in total. The third kappa shape index (κ3) is 2.26. The van der Waals surface area contributed by atoms with Crippen LogP contribution >= 0.6 is 18.3 Å². The smallest absolute Gasteiger partial charge is 0.134 e. The van der Waals surface area contributed by atoms with Crippen molar-refractivity contribution in [1.82, 2.24) is 14.0 Å². The van der Waals surface area contributed by atoms with Crippen molar-refractivity contribution < 1.29 is 0 Å². The average Bonchev–Trinajstić information content (AvgIpc) is 3.10.